The van der Waals surface area contributed by atoms with Gasteiger partial charge in [-0.1, -0.05) is 30.8 Å². The molecule has 0 N–H and O–H groups in total. The van der Waals surface area contributed by atoms with Crippen LogP contribution in [0.15, 0.2) is 36.5 Å². The highest BCUT2D eigenvalue weighted by Gasteiger charge is 2.17. The van der Waals surface area contributed by atoms with Crippen LogP contribution in [0, 0.1) is 0 Å². The van der Waals surface area contributed by atoms with Gasteiger partial charge in [-0.25, -0.2) is 0 Å². The third-order valence-electron chi connectivity index (χ3n) is 2.98. The zero-order valence-electron chi connectivity index (χ0n) is 8.62. The average Bonchev–Trinajstić information content (AvgIpc) is 2.55. The summed E-state index contributed by atoms with van der Waals surface area (Å²) in [4.78, 5) is 4.43. The average molecular weight is 193 g/mol. The molecule has 1 aliphatic rings. The van der Waals surface area contributed by atoms with Crippen LogP contribution in [0.2, 0.25) is 0 Å². The van der Waals surface area contributed by atoms with Gasteiger partial charge >= 0.3 is 0 Å². The lowest BCUT2D eigenvalue weighted by Crippen LogP contribution is -2.24. The molecule has 0 saturated heterocycles. The Morgan fingerprint density at radius 1 is 1.07 bits per heavy atom. The third-order valence-corrected chi connectivity index (χ3v) is 2.98. The molecule has 1 aromatic carbocycles. The number of aromatic nitrogens is 1. The molecule has 0 unspecified atom stereocenters. The fraction of sp³-hybridized carbons (Fsp3) is 0.0714. The van der Waals surface area contributed by atoms with Crippen LogP contribution in [-0.2, 0) is 0 Å². The molecule has 0 aliphatic heterocycles. The molecule has 0 bridgehead atoms. The minimum atomic E-state index is 1.09. The normalized spacial score (nSPS) is 12.5. The van der Waals surface area contributed by atoms with Crippen LogP contribution in [0.1, 0.15) is 12.6 Å². The molecule has 72 valence electrons. The fourth-order valence-electron chi connectivity index (χ4n) is 2.31. The Hall–Kier alpha value is -1.89. The largest absolute Gasteiger partial charge is 0.256 e. The fourth-order valence-corrected chi connectivity index (χ4v) is 2.31. The quantitative estimate of drug-likeness (QED) is 0.620. The number of pyridine rings is 1. The van der Waals surface area contributed by atoms with Crippen molar-refractivity contribution >= 4 is 12.2 Å². The number of hydrogen-bond donors (Lipinski definition) is 0. The van der Waals surface area contributed by atoms with E-state index in [1.807, 2.05) is 18.3 Å². The smallest absolute Gasteiger partial charge is 0.0743 e. The van der Waals surface area contributed by atoms with Crippen molar-refractivity contribution < 1.29 is 0 Å². The van der Waals surface area contributed by atoms with E-state index < -0.39 is 0 Å². The Morgan fingerprint density at radius 2 is 1.87 bits per heavy atom. The van der Waals surface area contributed by atoms with E-state index in [1.165, 1.54) is 21.9 Å². The van der Waals surface area contributed by atoms with Gasteiger partial charge in [0.1, 0.15) is 0 Å². The van der Waals surface area contributed by atoms with Crippen LogP contribution in [0.3, 0.4) is 0 Å². The summed E-state index contributed by atoms with van der Waals surface area (Å²) < 4.78 is 0. The van der Waals surface area contributed by atoms with Crippen LogP contribution in [0.25, 0.3) is 23.3 Å². The summed E-state index contributed by atoms with van der Waals surface area (Å²) in [5.74, 6) is 0. The Labute approximate surface area is 88.4 Å². The number of hydrogen-bond acceptors (Lipinski definition) is 1. The van der Waals surface area contributed by atoms with Gasteiger partial charge in [-0.2, -0.15) is 0 Å². The molecular weight excluding hydrogens is 182 g/mol. The van der Waals surface area contributed by atoms with Crippen LogP contribution in [0.4, 0.5) is 0 Å². The van der Waals surface area contributed by atoms with Gasteiger partial charge in [0.05, 0.1) is 5.69 Å². The molecule has 0 amide bonds. The van der Waals surface area contributed by atoms with Crippen molar-refractivity contribution in [3.63, 3.8) is 0 Å². The molecular formula is C14H11N. The standard InChI is InChI=1S/C14H11N/c1-9-5-3-6-11-12-7-4-8-15-14(12)10(2)13(9)11/h3-8H,1H2,2H3. The summed E-state index contributed by atoms with van der Waals surface area (Å²) >= 11 is 0. The lowest BCUT2D eigenvalue weighted by atomic mass is 10.1. The maximum absolute atomic E-state index is 4.43. The summed E-state index contributed by atoms with van der Waals surface area (Å²) in [7, 11) is 0. The first-order valence-electron chi connectivity index (χ1n) is 5.03. The summed E-state index contributed by atoms with van der Waals surface area (Å²) in [5.41, 5.74) is 4.84. The SMILES string of the molecule is C=c1cccc2c1=C(C)c1ncccc1-2. The first-order valence-corrected chi connectivity index (χ1v) is 5.03. The summed E-state index contributed by atoms with van der Waals surface area (Å²) in [6, 6.07) is 10.3. The van der Waals surface area contributed by atoms with Crippen molar-refractivity contribution in [2.75, 3.05) is 0 Å². The predicted octanol–water partition coefficient (Wildman–Crippen LogP) is 1.69. The van der Waals surface area contributed by atoms with Crippen molar-refractivity contribution in [2.45, 2.75) is 6.92 Å². The molecule has 0 radical (unpaired) electrons. The van der Waals surface area contributed by atoms with Gasteiger partial charge in [-0.05, 0) is 34.6 Å². The Balaban J connectivity index is 2.58. The van der Waals surface area contributed by atoms with E-state index in [-0.39, 0.29) is 0 Å². The van der Waals surface area contributed by atoms with Gasteiger partial charge in [0.2, 0.25) is 0 Å². The second-order valence-electron chi connectivity index (χ2n) is 3.86. The van der Waals surface area contributed by atoms with Crippen molar-refractivity contribution in [3.05, 3.63) is 52.7 Å². The van der Waals surface area contributed by atoms with Crippen LogP contribution in [-0.4, -0.2) is 4.98 Å². The van der Waals surface area contributed by atoms with Gasteiger partial charge in [-0.15, -0.1) is 0 Å². The van der Waals surface area contributed by atoms with Gasteiger partial charge < -0.3 is 0 Å². The molecule has 2 aromatic rings. The maximum atomic E-state index is 4.43. The van der Waals surface area contributed by atoms with Crippen molar-refractivity contribution in [1.82, 2.24) is 4.98 Å². The Bertz CT molecular complexity index is 653. The molecule has 15 heavy (non-hydrogen) atoms. The molecule has 1 aliphatic carbocycles. The van der Waals surface area contributed by atoms with E-state index >= 15 is 0 Å². The summed E-state index contributed by atoms with van der Waals surface area (Å²) in [6.45, 7) is 6.19. The highest BCUT2D eigenvalue weighted by molar-refractivity contribution is 5.86. The summed E-state index contributed by atoms with van der Waals surface area (Å²) in [5, 5.41) is 2.34. The van der Waals surface area contributed by atoms with E-state index in [4.69, 9.17) is 0 Å². The molecule has 1 heterocycles. The van der Waals surface area contributed by atoms with Gasteiger partial charge in [0, 0.05) is 11.8 Å². The minimum Gasteiger partial charge on any atom is -0.256 e. The number of fused-ring (bicyclic) bond motifs is 3. The van der Waals surface area contributed by atoms with Gasteiger partial charge in [-0.3, -0.25) is 4.98 Å². The second kappa shape index (κ2) is 2.80. The topological polar surface area (TPSA) is 12.9 Å². The number of rotatable bonds is 0. The third kappa shape index (κ3) is 1.00. The first kappa shape index (κ1) is 8.42. The van der Waals surface area contributed by atoms with Crippen LogP contribution in [0.5, 0.6) is 0 Å². The van der Waals surface area contributed by atoms with E-state index in [1.54, 1.807) is 0 Å². The number of benzene rings is 1. The molecule has 3 rings (SSSR count). The van der Waals surface area contributed by atoms with E-state index in [0.29, 0.717) is 0 Å². The molecule has 1 nitrogen and oxygen atoms in total. The Morgan fingerprint density at radius 3 is 2.73 bits per heavy atom. The van der Waals surface area contributed by atoms with Crippen LogP contribution < -0.4 is 10.4 Å². The van der Waals surface area contributed by atoms with Crippen molar-refractivity contribution in [3.8, 4) is 11.1 Å². The van der Waals surface area contributed by atoms with Gasteiger partial charge in [0.25, 0.3) is 0 Å². The lowest BCUT2D eigenvalue weighted by molar-refractivity contribution is 1.28. The van der Waals surface area contributed by atoms with Gasteiger partial charge in [0.15, 0.2) is 0 Å². The van der Waals surface area contributed by atoms with E-state index in [2.05, 4.69) is 36.7 Å². The highest BCUT2D eigenvalue weighted by Crippen LogP contribution is 2.27. The molecule has 0 spiro atoms. The maximum Gasteiger partial charge on any atom is 0.0743 e. The second-order valence-corrected chi connectivity index (χ2v) is 3.86. The van der Waals surface area contributed by atoms with Crippen LogP contribution >= 0.6 is 0 Å². The van der Waals surface area contributed by atoms with Crippen molar-refractivity contribution in [1.29, 1.82) is 0 Å². The molecule has 0 fully saturated rings. The zero-order valence-corrected chi connectivity index (χ0v) is 8.62. The van der Waals surface area contributed by atoms with Crippen molar-refractivity contribution in [2.24, 2.45) is 0 Å². The molecule has 0 atom stereocenters. The highest BCUT2D eigenvalue weighted by atomic mass is 14.7. The van der Waals surface area contributed by atoms with E-state index in [0.717, 1.165) is 10.9 Å². The molecule has 0 saturated carbocycles. The molecule has 1 aromatic heterocycles. The predicted molar refractivity (Wildman–Crippen MR) is 62.6 cm³/mol. The summed E-state index contributed by atoms with van der Waals surface area (Å²) in [6.07, 6.45) is 1.84. The Kier molecular flexibility index (Phi) is 1.57. The number of nitrogens with zero attached hydrogens (tertiary/aromatic N) is 1. The van der Waals surface area contributed by atoms with E-state index in [9.17, 15) is 0 Å². The monoisotopic (exact) mass is 193 g/mol. The zero-order chi connectivity index (χ0) is 10.4. The minimum absolute atomic E-state index is 1.09. The first-order chi connectivity index (χ1) is 7.29. The lowest BCUT2D eigenvalue weighted by Gasteiger charge is -1.99. The molecule has 1 heteroatoms.